The second kappa shape index (κ2) is 12.8. The molecule has 0 atom stereocenters. The number of ether oxygens (including phenoxy) is 1. The molecule has 0 bridgehead atoms. The lowest BCUT2D eigenvalue weighted by molar-refractivity contribution is -0.120. The molecule has 2 aliphatic rings. The molecule has 1 aromatic heterocycles. The molecule has 2 heterocycles. The molecule has 1 amide bonds. The Morgan fingerprint density at radius 3 is 2.60 bits per heavy atom. The van der Waals surface area contributed by atoms with Crippen LogP contribution in [-0.4, -0.2) is 73.1 Å². The van der Waals surface area contributed by atoms with Crippen molar-refractivity contribution in [3.05, 3.63) is 51.8 Å². The van der Waals surface area contributed by atoms with Gasteiger partial charge in [0.2, 0.25) is 0 Å². The number of carbonyl (C=O) groups is 1. The van der Waals surface area contributed by atoms with E-state index >= 15 is 0 Å². The number of benzene rings is 1. The number of nitrogens with one attached hydrogen (secondary N) is 2. The van der Waals surface area contributed by atoms with Gasteiger partial charge in [0.05, 0.1) is 17.2 Å². The third-order valence-electron chi connectivity index (χ3n) is 7.08. The minimum atomic E-state index is -0.200. The molecule has 2 N–H and O–H groups in total. The van der Waals surface area contributed by atoms with E-state index in [1.807, 2.05) is 18.2 Å². The van der Waals surface area contributed by atoms with E-state index in [1.54, 1.807) is 18.2 Å². The van der Waals surface area contributed by atoms with Gasteiger partial charge < -0.3 is 19.9 Å². The van der Waals surface area contributed by atoms with Gasteiger partial charge in [-0.25, -0.2) is 0 Å². The summed E-state index contributed by atoms with van der Waals surface area (Å²) in [4.78, 5) is 21.0. The van der Waals surface area contributed by atoms with Gasteiger partial charge in [-0.2, -0.15) is 0 Å². The van der Waals surface area contributed by atoms with E-state index in [1.165, 1.54) is 52.3 Å². The second-order valence-corrected chi connectivity index (χ2v) is 10.3. The van der Waals surface area contributed by atoms with Gasteiger partial charge in [-0.1, -0.05) is 48.5 Å². The number of aromatic amines is 1. The summed E-state index contributed by atoms with van der Waals surface area (Å²) >= 11 is 12.2. The van der Waals surface area contributed by atoms with Crippen LogP contribution in [0, 0.1) is 0 Å². The predicted octanol–water partition coefficient (Wildman–Crippen LogP) is 5.47. The molecule has 1 saturated heterocycles. The maximum atomic E-state index is 12.5. The number of H-pyrrole nitrogens is 1. The number of allylic oxidation sites excluding steroid dienone is 2. The first-order chi connectivity index (χ1) is 17.0. The first kappa shape index (κ1) is 26.1. The molecule has 1 aromatic carbocycles. The van der Waals surface area contributed by atoms with Crippen LogP contribution in [0.1, 0.15) is 44.2 Å². The second-order valence-electron chi connectivity index (χ2n) is 9.45. The number of hydrogen-bond donors (Lipinski definition) is 2. The molecule has 6 nitrogen and oxygen atoms in total. The first-order valence-corrected chi connectivity index (χ1v) is 13.4. The Bertz CT molecular complexity index is 1010. The topological polar surface area (TPSA) is 60.6 Å². The number of rotatable bonds is 9. The Balaban J connectivity index is 1.18. The molecule has 2 fully saturated rings. The Labute approximate surface area is 218 Å². The van der Waals surface area contributed by atoms with Crippen LogP contribution >= 0.6 is 23.2 Å². The molecular weight excluding hydrogens is 483 g/mol. The average molecular weight is 520 g/mol. The zero-order valence-electron chi connectivity index (χ0n) is 20.5. The summed E-state index contributed by atoms with van der Waals surface area (Å²) in [5.74, 6) is 0.0824. The number of piperazine rings is 1. The third-order valence-corrected chi connectivity index (χ3v) is 7.81. The summed E-state index contributed by atoms with van der Waals surface area (Å²) in [7, 11) is 1.51. The van der Waals surface area contributed by atoms with Crippen molar-refractivity contribution < 1.29 is 9.53 Å². The van der Waals surface area contributed by atoms with Crippen LogP contribution in [-0.2, 0) is 9.53 Å². The summed E-state index contributed by atoms with van der Waals surface area (Å²) < 4.78 is 5.29. The van der Waals surface area contributed by atoms with Crippen LogP contribution in [0.5, 0.6) is 0 Å². The molecular formula is C27H36Cl2N4O2. The molecule has 0 unspecified atom stereocenters. The van der Waals surface area contributed by atoms with Gasteiger partial charge in [0.15, 0.2) is 5.76 Å². The maximum absolute atomic E-state index is 12.5. The number of nitrogens with zero attached hydrogens (tertiary/aromatic N) is 2. The highest BCUT2D eigenvalue weighted by Crippen LogP contribution is 2.28. The number of fused-ring (bicyclic) bond motifs is 1. The van der Waals surface area contributed by atoms with Gasteiger partial charge in [0.25, 0.3) is 5.91 Å². The van der Waals surface area contributed by atoms with E-state index in [-0.39, 0.29) is 11.7 Å². The van der Waals surface area contributed by atoms with Crippen molar-refractivity contribution in [1.29, 1.82) is 0 Å². The molecule has 35 heavy (non-hydrogen) atoms. The van der Waals surface area contributed by atoms with Crippen LogP contribution in [0.3, 0.4) is 0 Å². The van der Waals surface area contributed by atoms with Gasteiger partial charge in [-0.05, 0) is 56.2 Å². The number of halogens is 2. The lowest BCUT2D eigenvalue weighted by Crippen LogP contribution is -2.51. The Morgan fingerprint density at radius 1 is 1.11 bits per heavy atom. The summed E-state index contributed by atoms with van der Waals surface area (Å²) in [6, 6.07) is 6.42. The van der Waals surface area contributed by atoms with Crippen molar-refractivity contribution in [1.82, 2.24) is 20.1 Å². The SMILES string of the molecule is CO/C(=C\C=C\c1cc2cc(Cl)c(Cl)cc2[nH]1)C(=O)NCCCN1CCN(C2CCCCC2)CC1. The van der Waals surface area contributed by atoms with E-state index in [0.717, 1.165) is 48.7 Å². The quantitative estimate of drug-likeness (QED) is 0.200. The van der Waals surface area contributed by atoms with Gasteiger partial charge in [0, 0.05) is 55.4 Å². The fraction of sp³-hybridized carbons (Fsp3) is 0.519. The Morgan fingerprint density at radius 2 is 1.86 bits per heavy atom. The van der Waals surface area contributed by atoms with E-state index in [0.29, 0.717) is 16.6 Å². The minimum absolute atomic E-state index is 0.200. The highest BCUT2D eigenvalue weighted by atomic mass is 35.5. The number of methoxy groups -OCH3 is 1. The fourth-order valence-electron chi connectivity index (χ4n) is 5.10. The molecule has 2 aromatic rings. The first-order valence-electron chi connectivity index (χ1n) is 12.7. The van der Waals surface area contributed by atoms with E-state index < -0.39 is 0 Å². The van der Waals surface area contributed by atoms with E-state index in [9.17, 15) is 4.79 Å². The molecule has 1 aliphatic carbocycles. The summed E-state index contributed by atoms with van der Waals surface area (Å²) in [6.07, 6.45) is 13.2. The maximum Gasteiger partial charge on any atom is 0.286 e. The summed E-state index contributed by atoms with van der Waals surface area (Å²) in [5, 5.41) is 4.98. The molecule has 190 valence electrons. The number of hydrogen-bond acceptors (Lipinski definition) is 4. The van der Waals surface area contributed by atoms with Crippen molar-refractivity contribution in [2.75, 3.05) is 46.4 Å². The zero-order chi connectivity index (χ0) is 24.6. The smallest absolute Gasteiger partial charge is 0.286 e. The van der Waals surface area contributed by atoms with Crippen molar-refractivity contribution >= 4 is 46.1 Å². The normalized spacial score (nSPS) is 19.0. The molecule has 0 radical (unpaired) electrons. The zero-order valence-corrected chi connectivity index (χ0v) is 22.0. The minimum Gasteiger partial charge on any atom is -0.491 e. The standard InChI is InChI=1S/C27H36Cl2N4O2/c1-35-26(10-5-7-21-17-20-18-23(28)24(29)19-25(20)31-21)27(34)30-11-6-12-32-13-15-33(16-14-32)22-8-3-2-4-9-22/h5,7,10,17-19,22,31H,2-4,6,8-9,11-16H2,1H3,(H,30,34)/b7-5+,26-10-. The predicted molar refractivity (Wildman–Crippen MR) is 145 cm³/mol. The lowest BCUT2D eigenvalue weighted by atomic mass is 9.94. The summed E-state index contributed by atoms with van der Waals surface area (Å²) in [6.45, 7) is 6.26. The van der Waals surface area contributed by atoms with Crippen molar-refractivity contribution in [2.24, 2.45) is 0 Å². The van der Waals surface area contributed by atoms with Crippen LogP contribution in [0.25, 0.3) is 17.0 Å². The number of aromatic nitrogens is 1. The lowest BCUT2D eigenvalue weighted by Gasteiger charge is -2.40. The Hall–Kier alpha value is -1.99. The van der Waals surface area contributed by atoms with Crippen LogP contribution < -0.4 is 5.32 Å². The van der Waals surface area contributed by atoms with Crippen LogP contribution in [0.4, 0.5) is 0 Å². The number of amides is 1. The molecule has 8 heteroatoms. The molecule has 1 saturated carbocycles. The Kier molecular flexibility index (Phi) is 9.55. The van der Waals surface area contributed by atoms with Crippen molar-refractivity contribution in [3.8, 4) is 0 Å². The highest BCUT2D eigenvalue weighted by molar-refractivity contribution is 6.42. The van der Waals surface area contributed by atoms with E-state index in [2.05, 4.69) is 20.1 Å². The van der Waals surface area contributed by atoms with Crippen LogP contribution in [0.15, 0.2) is 36.1 Å². The molecule has 1 aliphatic heterocycles. The fourth-order valence-corrected chi connectivity index (χ4v) is 5.44. The third kappa shape index (κ3) is 7.26. The van der Waals surface area contributed by atoms with E-state index in [4.69, 9.17) is 27.9 Å². The number of carbonyl (C=O) groups excluding carboxylic acids is 1. The summed E-state index contributed by atoms with van der Waals surface area (Å²) in [5.41, 5.74) is 1.79. The van der Waals surface area contributed by atoms with Crippen molar-refractivity contribution in [3.63, 3.8) is 0 Å². The average Bonchev–Trinajstić information content (AvgIpc) is 3.26. The molecule has 4 rings (SSSR count). The van der Waals surface area contributed by atoms with Crippen molar-refractivity contribution in [2.45, 2.75) is 44.6 Å². The highest BCUT2D eigenvalue weighted by Gasteiger charge is 2.24. The van der Waals surface area contributed by atoms with Gasteiger partial charge in [-0.3, -0.25) is 9.69 Å². The van der Waals surface area contributed by atoms with Gasteiger partial charge in [-0.15, -0.1) is 0 Å². The van der Waals surface area contributed by atoms with Crippen LogP contribution in [0.2, 0.25) is 10.0 Å². The monoisotopic (exact) mass is 518 g/mol. The van der Waals surface area contributed by atoms with Gasteiger partial charge >= 0.3 is 0 Å². The largest absolute Gasteiger partial charge is 0.491 e. The van der Waals surface area contributed by atoms with Gasteiger partial charge in [0.1, 0.15) is 0 Å². The molecule has 0 spiro atoms.